The van der Waals surface area contributed by atoms with Crippen molar-refractivity contribution in [3.05, 3.63) is 53.0 Å². The molecular formula is C16H15F2N5O. The van der Waals surface area contributed by atoms with E-state index in [4.69, 9.17) is 0 Å². The van der Waals surface area contributed by atoms with E-state index in [1.807, 2.05) is 20.9 Å². The second-order valence-electron chi connectivity index (χ2n) is 5.41. The summed E-state index contributed by atoms with van der Waals surface area (Å²) in [7, 11) is 1.82. The van der Waals surface area contributed by atoms with Crippen LogP contribution in [-0.2, 0) is 7.05 Å². The smallest absolute Gasteiger partial charge is 0.273 e. The van der Waals surface area contributed by atoms with Crippen LogP contribution in [0.2, 0.25) is 0 Å². The quantitative estimate of drug-likeness (QED) is 0.775. The first kappa shape index (κ1) is 15.9. The molecule has 0 aliphatic heterocycles. The third-order valence-corrected chi connectivity index (χ3v) is 3.77. The van der Waals surface area contributed by atoms with Crippen LogP contribution in [0, 0.1) is 25.5 Å². The molecule has 6 nitrogen and oxygen atoms in total. The summed E-state index contributed by atoms with van der Waals surface area (Å²) in [6.07, 6.45) is 0. The number of aromatic amines is 1. The topological polar surface area (TPSA) is 75.6 Å². The average molecular weight is 331 g/mol. The first-order valence-corrected chi connectivity index (χ1v) is 7.19. The fraction of sp³-hybridized carbons (Fsp3) is 0.188. The van der Waals surface area contributed by atoms with Crippen molar-refractivity contribution >= 4 is 11.6 Å². The second-order valence-corrected chi connectivity index (χ2v) is 5.41. The van der Waals surface area contributed by atoms with Crippen molar-refractivity contribution < 1.29 is 13.6 Å². The van der Waals surface area contributed by atoms with E-state index in [1.54, 1.807) is 10.7 Å². The molecule has 0 bridgehead atoms. The van der Waals surface area contributed by atoms with Crippen LogP contribution in [-0.4, -0.2) is 25.9 Å². The molecular weight excluding hydrogens is 316 g/mol. The summed E-state index contributed by atoms with van der Waals surface area (Å²) in [5.74, 6) is -2.13. The van der Waals surface area contributed by atoms with Gasteiger partial charge in [-0.15, -0.1) is 0 Å². The number of amides is 1. The van der Waals surface area contributed by atoms with Crippen LogP contribution in [0.15, 0.2) is 24.3 Å². The number of aryl methyl sites for hydroxylation is 2. The zero-order valence-corrected chi connectivity index (χ0v) is 13.3. The van der Waals surface area contributed by atoms with Crippen molar-refractivity contribution in [2.75, 3.05) is 5.32 Å². The van der Waals surface area contributed by atoms with E-state index in [0.717, 1.165) is 29.1 Å². The van der Waals surface area contributed by atoms with Gasteiger partial charge in [-0.25, -0.2) is 8.78 Å². The highest BCUT2D eigenvalue weighted by Crippen LogP contribution is 2.25. The van der Waals surface area contributed by atoms with Crippen molar-refractivity contribution in [1.29, 1.82) is 0 Å². The SMILES string of the molecule is Cc1nn(C)c(C)c1-c1cc(C(=O)Nc2ccc(F)cc2F)[nH]n1. The van der Waals surface area contributed by atoms with Gasteiger partial charge in [-0.3, -0.25) is 14.6 Å². The van der Waals surface area contributed by atoms with Crippen LogP contribution in [0.1, 0.15) is 21.9 Å². The van der Waals surface area contributed by atoms with E-state index in [0.29, 0.717) is 11.8 Å². The van der Waals surface area contributed by atoms with Gasteiger partial charge in [0.25, 0.3) is 5.91 Å². The van der Waals surface area contributed by atoms with Crippen molar-refractivity contribution in [3.63, 3.8) is 0 Å². The van der Waals surface area contributed by atoms with Crippen molar-refractivity contribution in [2.45, 2.75) is 13.8 Å². The molecule has 3 rings (SSSR count). The Hall–Kier alpha value is -3.03. The summed E-state index contributed by atoms with van der Waals surface area (Å²) in [6.45, 7) is 3.75. The molecule has 0 radical (unpaired) electrons. The fourth-order valence-corrected chi connectivity index (χ4v) is 2.49. The highest BCUT2D eigenvalue weighted by molar-refractivity contribution is 6.03. The van der Waals surface area contributed by atoms with E-state index in [-0.39, 0.29) is 11.4 Å². The van der Waals surface area contributed by atoms with Crippen molar-refractivity contribution in [1.82, 2.24) is 20.0 Å². The number of carbonyl (C=O) groups is 1. The minimum Gasteiger partial charge on any atom is -0.318 e. The molecule has 2 heterocycles. The maximum atomic E-state index is 13.6. The Morgan fingerprint density at radius 1 is 1.25 bits per heavy atom. The maximum absolute atomic E-state index is 13.6. The average Bonchev–Trinajstić information content (AvgIpc) is 3.08. The van der Waals surface area contributed by atoms with Gasteiger partial charge in [0, 0.05) is 24.4 Å². The summed E-state index contributed by atoms with van der Waals surface area (Å²) in [5, 5.41) is 13.4. The summed E-state index contributed by atoms with van der Waals surface area (Å²) in [6, 6.07) is 4.50. The van der Waals surface area contributed by atoms with Crippen LogP contribution < -0.4 is 5.32 Å². The molecule has 0 spiro atoms. The first-order valence-electron chi connectivity index (χ1n) is 7.19. The number of hydrogen-bond acceptors (Lipinski definition) is 3. The standard InChI is InChI=1S/C16H15F2N5O/c1-8-15(9(2)23(3)22-8)13-7-14(21-20-13)16(24)19-12-5-4-10(17)6-11(12)18/h4-7H,1-3H3,(H,19,24)(H,20,21). The van der Waals surface area contributed by atoms with Gasteiger partial charge in [0.2, 0.25) is 0 Å². The Morgan fingerprint density at radius 3 is 2.62 bits per heavy atom. The second kappa shape index (κ2) is 5.88. The third-order valence-electron chi connectivity index (χ3n) is 3.77. The molecule has 0 aliphatic carbocycles. The molecule has 2 N–H and O–H groups in total. The Bertz CT molecular complexity index is 929. The Labute approximate surface area is 136 Å². The Balaban J connectivity index is 1.86. The zero-order chi connectivity index (χ0) is 17.4. The van der Waals surface area contributed by atoms with E-state index in [9.17, 15) is 13.6 Å². The number of carbonyl (C=O) groups excluding carboxylic acids is 1. The van der Waals surface area contributed by atoms with Gasteiger partial charge >= 0.3 is 0 Å². The lowest BCUT2D eigenvalue weighted by Crippen LogP contribution is -2.13. The molecule has 2 aromatic heterocycles. The van der Waals surface area contributed by atoms with E-state index >= 15 is 0 Å². The summed E-state index contributed by atoms with van der Waals surface area (Å²) >= 11 is 0. The molecule has 0 aliphatic rings. The molecule has 1 aromatic carbocycles. The van der Waals surface area contributed by atoms with E-state index in [2.05, 4.69) is 20.6 Å². The van der Waals surface area contributed by atoms with Gasteiger partial charge < -0.3 is 5.32 Å². The van der Waals surface area contributed by atoms with Gasteiger partial charge in [-0.05, 0) is 32.0 Å². The van der Waals surface area contributed by atoms with Crippen LogP contribution in [0.25, 0.3) is 11.3 Å². The van der Waals surface area contributed by atoms with Gasteiger partial charge in [0.05, 0.1) is 17.1 Å². The highest BCUT2D eigenvalue weighted by Gasteiger charge is 2.18. The predicted octanol–water partition coefficient (Wildman–Crippen LogP) is 2.96. The number of aromatic nitrogens is 4. The lowest BCUT2D eigenvalue weighted by Gasteiger charge is -2.04. The number of benzene rings is 1. The van der Waals surface area contributed by atoms with Gasteiger partial charge in [0.1, 0.15) is 17.3 Å². The normalized spacial score (nSPS) is 10.9. The Kier molecular flexibility index (Phi) is 3.88. The number of anilines is 1. The minimum absolute atomic E-state index is 0.105. The monoisotopic (exact) mass is 331 g/mol. The minimum atomic E-state index is -0.845. The third kappa shape index (κ3) is 2.78. The molecule has 0 fully saturated rings. The summed E-state index contributed by atoms with van der Waals surface area (Å²) < 4.78 is 28.2. The van der Waals surface area contributed by atoms with Crippen LogP contribution in [0.4, 0.5) is 14.5 Å². The molecule has 0 saturated carbocycles. The van der Waals surface area contributed by atoms with Crippen molar-refractivity contribution in [3.8, 4) is 11.3 Å². The molecule has 0 unspecified atom stereocenters. The van der Waals surface area contributed by atoms with Gasteiger partial charge in [0.15, 0.2) is 0 Å². The van der Waals surface area contributed by atoms with Gasteiger partial charge in [-0.2, -0.15) is 10.2 Å². The van der Waals surface area contributed by atoms with Crippen LogP contribution >= 0.6 is 0 Å². The van der Waals surface area contributed by atoms with Gasteiger partial charge in [-0.1, -0.05) is 0 Å². The van der Waals surface area contributed by atoms with Crippen LogP contribution in [0.3, 0.4) is 0 Å². The summed E-state index contributed by atoms with van der Waals surface area (Å²) in [4.78, 5) is 12.2. The number of H-pyrrole nitrogens is 1. The molecule has 0 atom stereocenters. The largest absolute Gasteiger partial charge is 0.318 e. The molecule has 124 valence electrons. The maximum Gasteiger partial charge on any atom is 0.273 e. The van der Waals surface area contributed by atoms with Crippen LogP contribution in [0.5, 0.6) is 0 Å². The Morgan fingerprint density at radius 2 is 2.00 bits per heavy atom. The molecule has 24 heavy (non-hydrogen) atoms. The predicted molar refractivity (Wildman–Crippen MR) is 84.6 cm³/mol. The lowest BCUT2D eigenvalue weighted by atomic mass is 10.1. The number of halogens is 2. The lowest BCUT2D eigenvalue weighted by molar-refractivity contribution is 0.102. The van der Waals surface area contributed by atoms with E-state index in [1.165, 1.54) is 0 Å². The molecule has 0 saturated heterocycles. The molecule has 1 amide bonds. The van der Waals surface area contributed by atoms with E-state index < -0.39 is 17.5 Å². The summed E-state index contributed by atoms with van der Waals surface area (Å²) in [5.41, 5.74) is 3.17. The molecule has 8 heteroatoms. The zero-order valence-electron chi connectivity index (χ0n) is 13.3. The number of rotatable bonds is 3. The highest BCUT2D eigenvalue weighted by atomic mass is 19.1. The number of nitrogens with one attached hydrogen (secondary N) is 2. The van der Waals surface area contributed by atoms with Crippen molar-refractivity contribution in [2.24, 2.45) is 7.05 Å². The number of nitrogens with zero attached hydrogens (tertiary/aromatic N) is 3. The number of hydrogen-bond donors (Lipinski definition) is 2. The molecule has 3 aromatic rings. The fourth-order valence-electron chi connectivity index (χ4n) is 2.49. The first-order chi connectivity index (χ1) is 11.4.